The smallest absolute Gasteiger partial charge is 0.306 e. The van der Waals surface area contributed by atoms with Crippen LogP contribution in [0.1, 0.15) is 30.7 Å². The van der Waals surface area contributed by atoms with Gasteiger partial charge in [-0.05, 0) is 23.6 Å². The largest absolute Gasteiger partial charge is 0.507 e. The molecular formula is C21H19N3O3. The van der Waals surface area contributed by atoms with Crippen LogP contribution in [0.4, 0.5) is 0 Å². The van der Waals surface area contributed by atoms with Crippen LogP contribution in [0.25, 0.3) is 16.6 Å². The zero-order valence-electron chi connectivity index (χ0n) is 14.8. The van der Waals surface area contributed by atoms with Crippen molar-refractivity contribution in [3.63, 3.8) is 0 Å². The highest BCUT2D eigenvalue weighted by molar-refractivity contribution is 5.83. The molecule has 136 valence electrons. The van der Waals surface area contributed by atoms with Gasteiger partial charge in [0.05, 0.1) is 17.5 Å². The van der Waals surface area contributed by atoms with Crippen LogP contribution < -0.4 is 0 Å². The van der Waals surface area contributed by atoms with Crippen LogP contribution in [0.3, 0.4) is 0 Å². The summed E-state index contributed by atoms with van der Waals surface area (Å²) in [5.74, 6) is -0.544. The van der Waals surface area contributed by atoms with E-state index in [1.807, 2.05) is 61.5 Å². The first-order valence-corrected chi connectivity index (χ1v) is 8.56. The van der Waals surface area contributed by atoms with E-state index < -0.39 is 5.97 Å². The fourth-order valence-corrected chi connectivity index (χ4v) is 2.75. The summed E-state index contributed by atoms with van der Waals surface area (Å²) >= 11 is 0. The first-order chi connectivity index (χ1) is 13.1. The third kappa shape index (κ3) is 4.33. The van der Waals surface area contributed by atoms with Crippen molar-refractivity contribution >= 4 is 22.6 Å². The van der Waals surface area contributed by atoms with Crippen molar-refractivity contribution in [3.8, 4) is 6.07 Å². The number of allylic oxidation sites excluding steroid dienone is 1. The number of benzene rings is 2. The van der Waals surface area contributed by atoms with Gasteiger partial charge >= 0.3 is 5.97 Å². The summed E-state index contributed by atoms with van der Waals surface area (Å²) in [6.07, 6.45) is 0.184. The number of aromatic amines is 1. The van der Waals surface area contributed by atoms with Gasteiger partial charge in [0.15, 0.2) is 11.6 Å². The van der Waals surface area contributed by atoms with Gasteiger partial charge in [-0.2, -0.15) is 5.26 Å². The Kier molecular flexibility index (Phi) is 5.53. The maximum absolute atomic E-state index is 12.1. The number of aliphatic hydroxyl groups is 1. The lowest BCUT2D eigenvalue weighted by Gasteiger charge is -2.11. The Balaban J connectivity index is 1.66. The zero-order valence-corrected chi connectivity index (χ0v) is 14.8. The number of nitrogens with zero attached hydrogens (tertiary/aromatic N) is 2. The standard InChI is InChI=1S/C21H19N3O3/c1-14(15-7-3-2-4-8-15)11-20(26)27-13-19(25)16(12-22)21-23-17-9-5-6-10-18(17)24-21/h2-10,14,25H,11,13H2,1H3,(H,23,24)/b19-16-/t14-/m1/s1. The Bertz CT molecular complexity index is 983. The number of carbonyl (C=O) groups is 1. The lowest BCUT2D eigenvalue weighted by molar-refractivity contribution is -0.143. The SMILES string of the molecule is C[C@H](CC(=O)OC/C(O)=C(\C#N)c1nc2ccccc2[nH]1)c1ccccc1. The van der Waals surface area contributed by atoms with Gasteiger partial charge in [-0.15, -0.1) is 0 Å². The summed E-state index contributed by atoms with van der Waals surface area (Å²) in [6, 6.07) is 18.9. The molecule has 0 bridgehead atoms. The quantitative estimate of drug-likeness (QED) is 0.391. The molecule has 6 nitrogen and oxygen atoms in total. The van der Waals surface area contributed by atoms with Crippen molar-refractivity contribution in [1.29, 1.82) is 5.26 Å². The van der Waals surface area contributed by atoms with E-state index in [1.165, 1.54) is 0 Å². The normalized spacial score (nSPS) is 12.9. The van der Waals surface area contributed by atoms with Crippen LogP contribution in [0.15, 0.2) is 60.4 Å². The molecule has 3 rings (SSSR count). The van der Waals surface area contributed by atoms with Crippen LogP contribution in [0.2, 0.25) is 0 Å². The van der Waals surface area contributed by atoms with Gasteiger partial charge < -0.3 is 14.8 Å². The summed E-state index contributed by atoms with van der Waals surface area (Å²) in [4.78, 5) is 19.3. The second-order valence-corrected chi connectivity index (χ2v) is 6.21. The maximum atomic E-state index is 12.1. The number of nitrogens with one attached hydrogen (secondary N) is 1. The first kappa shape index (κ1) is 18.2. The second-order valence-electron chi connectivity index (χ2n) is 6.21. The van der Waals surface area contributed by atoms with Gasteiger partial charge in [-0.3, -0.25) is 4.79 Å². The van der Waals surface area contributed by atoms with Gasteiger partial charge in [0.25, 0.3) is 0 Å². The van der Waals surface area contributed by atoms with Crippen molar-refractivity contribution in [2.75, 3.05) is 6.61 Å². The molecule has 0 aliphatic heterocycles. The third-order valence-corrected chi connectivity index (χ3v) is 4.24. The number of imidazole rings is 1. The number of esters is 1. The van der Waals surface area contributed by atoms with Crippen LogP contribution in [-0.2, 0) is 9.53 Å². The molecule has 0 saturated carbocycles. The highest BCUT2D eigenvalue weighted by Crippen LogP contribution is 2.21. The lowest BCUT2D eigenvalue weighted by Crippen LogP contribution is -2.11. The summed E-state index contributed by atoms with van der Waals surface area (Å²) in [7, 11) is 0. The molecular weight excluding hydrogens is 342 g/mol. The molecule has 0 unspecified atom stereocenters. The molecule has 0 amide bonds. The molecule has 27 heavy (non-hydrogen) atoms. The average molecular weight is 361 g/mol. The molecule has 0 saturated heterocycles. The van der Waals surface area contributed by atoms with E-state index in [-0.39, 0.29) is 36.1 Å². The Labute approximate surface area is 156 Å². The summed E-state index contributed by atoms with van der Waals surface area (Å²) < 4.78 is 5.13. The van der Waals surface area contributed by atoms with Crippen LogP contribution >= 0.6 is 0 Å². The number of carbonyl (C=O) groups excluding carboxylic acids is 1. The van der Waals surface area contributed by atoms with Crippen molar-refractivity contribution in [2.24, 2.45) is 0 Å². The van der Waals surface area contributed by atoms with Crippen LogP contribution in [0, 0.1) is 11.3 Å². The molecule has 0 fully saturated rings. The monoisotopic (exact) mass is 361 g/mol. The fraction of sp³-hybridized carbons (Fsp3) is 0.190. The van der Waals surface area contributed by atoms with E-state index in [9.17, 15) is 15.2 Å². The van der Waals surface area contributed by atoms with Gasteiger partial charge in [0.2, 0.25) is 0 Å². The van der Waals surface area contributed by atoms with E-state index in [0.29, 0.717) is 5.52 Å². The third-order valence-electron chi connectivity index (χ3n) is 4.24. The zero-order chi connectivity index (χ0) is 19.2. The Morgan fingerprint density at radius 2 is 1.93 bits per heavy atom. The van der Waals surface area contributed by atoms with E-state index in [2.05, 4.69) is 9.97 Å². The molecule has 2 N–H and O–H groups in total. The number of H-pyrrole nitrogens is 1. The molecule has 0 spiro atoms. The fourth-order valence-electron chi connectivity index (χ4n) is 2.75. The first-order valence-electron chi connectivity index (χ1n) is 8.56. The van der Waals surface area contributed by atoms with E-state index in [1.54, 1.807) is 6.07 Å². The number of nitriles is 1. The van der Waals surface area contributed by atoms with E-state index in [4.69, 9.17) is 4.74 Å². The minimum atomic E-state index is -0.445. The molecule has 2 aromatic carbocycles. The Morgan fingerprint density at radius 3 is 2.63 bits per heavy atom. The van der Waals surface area contributed by atoms with Crippen molar-refractivity contribution in [2.45, 2.75) is 19.3 Å². The summed E-state index contributed by atoms with van der Waals surface area (Å²) in [5.41, 5.74) is 2.42. The molecule has 0 aliphatic rings. The molecule has 0 aliphatic carbocycles. The number of aliphatic hydroxyl groups excluding tert-OH is 1. The predicted molar refractivity (Wildman–Crippen MR) is 102 cm³/mol. The number of hydrogen-bond donors (Lipinski definition) is 2. The molecule has 1 atom stereocenters. The molecule has 1 heterocycles. The van der Waals surface area contributed by atoms with Gasteiger partial charge in [-0.25, -0.2) is 4.98 Å². The lowest BCUT2D eigenvalue weighted by atomic mass is 9.98. The molecule has 1 aromatic heterocycles. The van der Waals surface area contributed by atoms with E-state index >= 15 is 0 Å². The van der Waals surface area contributed by atoms with Crippen LogP contribution in [0.5, 0.6) is 0 Å². The summed E-state index contributed by atoms with van der Waals surface area (Å²) in [5, 5.41) is 19.6. The van der Waals surface area contributed by atoms with Gasteiger partial charge in [0, 0.05) is 0 Å². The van der Waals surface area contributed by atoms with Gasteiger partial charge in [-0.1, -0.05) is 49.4 Å². The van der Waals surface area contributed by atoms with Gasteiger partial charge in [0.1, 0.15) is 18.2 Å². The molecule has 6 heteroatoms. The number of ether oxygens (including phenoxy) is 1. The van der Waals surface area contributed by atoms with Crippen LogP contribution in [-0.4, -0.2) is 27.7 Å². The molecule has 3 aromatic rings. The number of aromatic nitrogens is 2. The number of para-hydroxylation sites is 2. The predicted octanol–water partition coefficient (Wildman–Crippen LogP) is 4.09. The number of fused-ring (bicyclic) bond motifs is 1. The average Bonchev–Trinajstić information content (AvgIpc) is 3.11. The maximum Gasteiger partial charge on any atom is 0.306 e. The summed E-state index contributed by atoms with van der Waals surface area (Å²) in [6.45, 7) is 1.56. The minimum Gasteiger partial charge on any atom is -0.507 e. The highest BCUT2D eigenvalue weighted by Gasteiger charge is 2.16. The van der Waals surface area contributed by atoms with E-state index in [0.717, 1.165) is 11.1 Å². The number of rotatable bonds is 6. The van der Waals surface area contributed by atoms with Crippen molar-refractivity contribution < 1.29 is 14.6 Å². The topological polar surface area (TPSA) is 99.0 Å². The molecule has 0 radical (unpaired) electrons. The minimum absolute atomic E-state index is 0.00404. The number of hydrogen-bond acceptors (Lipinski definition) is 5. The Hall–Kier alpha value is -3.59. The van der Waals surface area contributed by atoms with Crippen molar-refractivity contribution in [3.05, 3.63) is 71.7 Å². The Morgan fingerprint density at radius 1 is 1.22 bits per heavy atom. The second kappa shape index (κ2) is 8.19. The highest BCUT2D eigenvalue weighted by atomic mass is 16.5. The van der Waals surface area contributed by atoms with Crippen molar-refractivity contribution in [1.82, 2.24) is 9.97 Å².